The fourth-order valence-electron chi connectivity index (χ4n) is 2.34. The van der Waals surface area contributed by atoms with Crippen LogP contribution >= 0.6 is 0 Å². The predicted octanol–water partition coefficient (Wildman–Crippen LogP) is 0.0834. The Balaban J connectivity index is 1.79. The molecule has 21 heavy (non-hydrogen) atoms. The smallest absolute Gasteiger partial charge is 0.236 e. The third-order valence-electron chi connectivity index (χ3n) is 3.66. The lowest BCUT2D eigenvalue weighted by Crippen LogP contribution is -2.58. The number of ether oxygens (including phenoxy) is 1. The van der Waals surface area contributed by atoms with Crippen LogP contribution in [0, 0.1) is 0 Å². The monoisotopic (exact) mass is 291 g/mol. The lowest BCUT2D eigenvalue weighted by molar-refractivity contribution is -0.136. The molecule has 0 aromatic heterocycles. The van der Waals surface area contributed by atoms with Gasteiger partial charge in [0.2, 0.25) is 11.8 Å². The zero-order valence-electron chi connectivity index (χ0n) is 12.2. The van der Waals surface area contributed by atoms with Crippen LogP contribution in [-0.2, 0) is 9.59 Å². The molecule has 0 spiro atoms. The van der Waals surface area contributed by atoms with Gasteiger partial charge in [0.25, 0.3) is 0 Å². The zero-order valence-corrected chi connectivity index (χ0v) is 12.2. The second-order valence-corrected chi connectivity index (χ2v) is 5.15. The number of para-hydroxylation sites is 1. The van der Waals surface area contributed by atoms with Gasteiger partial charge in [-0.1, -0.05) is 18.2 Å². The lowest BCUT2D eigenvalue weighted by atomic mass is 10.1. The third-order valence-corrected chi connectivity index (χ3v) is 3.66. The number of benzene rings is 1. The molecular formula is C15H21N3O3. The molecule has 0 radical (unpaired) electrons. The predicted molar refractivity (Wildman–Crippen MR) is 78.7 cm³/mol. The summed E-state index contributed by atoms with van der Waals surface area (Å²) in [6.07, 6.45) is 0.296. The van der Waals surface area contributed by atoms with E-state index in [2.05, 4.69) is 0 Å². The van der Waals surface area contributed by atoms with Crippen LogP contribution in [0.2, 0.25) is 0 Å². The number of hydrogen-bond donors (Lipinski definition) is 1. The Kier molecular flexibility index (Phi) is 5.16. The number of nitrogens with zero attached hydrogens (tertiary/aromatic N) is 2. The van der Waals surface area contributed by atoms with Crippen molar-refractivity contribution in [2.24, 2.45) is 5.73 Å². The molecule has 2 N–H and O–H groups in total. The molecule has 1 fully saturated rings. The van der Waals surface area contributed by atoms with E-state index in [0.717, 1.165) is 5.75 Å². The van der Waals surface area contributed by atoms with Crippen molar-refractivity contribution >= 4 is 11.8 Å². The molecule has 0 bridgehead atoms. The number of primary amides is 1. The summed E-state index contributed by atoms with van der Waals surface area (Å²) in [5, 5.41) is 0. The molecule has 6 nitrogen and oxygen atoms in total. The first-order valence-corrected chi connectivity index (χ1v) is 7.03. The topological polar surface area (TPSA) is 75.9 Å². The largest absolute Gasteiger partial charge is 0.493 e. The maximum atomic E-state index is 12.1. The summed E-state index contributed by atoms with van der Waals surface area (Å²) in [5.41, 5.74) is 5.35. The fraction of sp³-hybridized carbons (Fsp3) is 0.467. The molecule has 0 unspecified atom stereocenters. The van der Waals surface area contributed by atoms with Crippen LogP contribution in [0.3, 0.4) is 0 Å². The highest BCUT2D eigenvalue weighted by Crippen LogP contribution is 2.11. The van der Waals surface area contributed by atoms with Gasteiger partial charge in [-0.25, -0.2) is 0 Å². The molecular weight excluding hydrogens is 270 g/mol. The zero-order chi connectivity index (χ0) is 15.2. The molecule has 0 aliphatic carbocycles. The Labute approximate surface area is 124 Å². The highest BCUT2D eigenvalue weighted by molar-refractivity contribution is 5.82. The van der Waals surface area contributed by atoms with Gasteiger partial charge in [0.15, 0.2) is 0 Å². The molecule has 6 heteroatoms. The van der Waals surface area contributed by atoms with E-state index in [0.29, 0.717) is 32.7 Å². The quantitative estimate of drug-likeness (QED) is 0.834. The third kappa shape index (κ3) is 4.19. The van der Waals surface area contributed by atoms with Gasteiger partial charge in [-0.05, 0) is 19.2 Å². The SMILES string of the molecule is CN1CCN(C(=O)CCOc2ccccc2)C[C@@H]1C(N)=O. The number of hydrogen-bond acceptors (Lipinski definition) is 4. The number of nitrogens with two attached hydrogens (primary N) is 1. The van der Waals surface area contributed by atoms with Crippen molar-refractivity contribution in [2.75, 3.05) is 33.3 Å². The second kappa shape index (κ2) is 7.08. The molecule has 2 rings (SSSR count). The number of piperazine rings is 1. The van der Waals surface area contributed by atoms with Gasteiger partial charge in [-0.15, -0.1) is 0 Å². The van der Waals surface area contributed by atoms with E-state index in [1.54, 1.807) is 4.90 Å². The van der Waals surface area contributed by atoms with Gasteiger partial charge in [-0.3, -0.25) is 14.5 Å². The molecule has 2 amide bonds. The van der Waals surface area contributed by atoms with Crippen molar-refractivity contribution < 1.29 is 14.3 Å². The first-order valence-electron chi connectivity index (χ1n) is 7.03. The molecule has 1 aromatic rings. The van der Waals surface area contributed by atoms with Crippen molar-refractivity contribution in [3.8, 4) is 5.75 Å². The Morgan fingerprint density at radius 2 is 2.00 bits per heavy atom. The van der Waals surface area contributed by atoms with E-state index in [1.807, 2.05) is 42.3 Å². The molecule has 1 aliphatic rings. The Morgan fingerprint density at radius 1 is 1.29 bits per heavy atom. The van der Waals surface area contributed by atoms with Crippen molar-refractivity contribution in [3.05, 3.63) is 30.3 Å². The molecule has 1 heterocycles. The summed E-state index contributed by atoms with van der Waals surface area (Å²) in [6.45, 7) is 1.95. The van der Waals surface area contributed by atoms with E-state index in [1.165, 1.54) is 0 Å². The van der Waals surface area contributed by atoms with Crippen molar-refractivity contribution in [2.45, 2.75) is 12.5 Å². The normalized spacial score (nSPS) is 19.3. The minimum atomic E-state index is -0.405. The second-order valence-electron chi connectivity index (χ2n) is 5.15. The summed E-state index contributed by atoms with van der Waals surface area (Å²) >= 11 is 0. The maximum Gasteiger partial charge on any atom is 0.236 e. The van der Waals surface area contributed by atoms with Gasteiger partial charge in [-0.2, -0.15) is 0 Å². The van der Waals surface area contributed by atoms with Gasteiger partial charge in [0, 0.05) is 19.6 Å². The summed E-state index contributed by atoms with van der Waals surface area (Å²) < 4.78 is 5.51. The van der Waals surface area contributed by atoms with Crippen LogP contribution in [0.15, 0.2) is 30.3 Å². The molecule has 0 saturated carbocycles. The van der Waals surface area contributed by atoms with Crippen LogP contribution in [0.5, 0.6) is 5.75 Å². The van der Waals surface area contributed by atoms with Gasteiger partial charge >= 0.3 is 0 Å². The van der Waals surface area contributed by atoms with Crippen LogP contribution in [0.1, 0.15) is 6.42 Å². The highest BCUT2D eigenvalue weighted by Gasteiger charge is 2.30. The van der Waals surface area contributed by atoms with E-state index in [-0.39, 0.29) is 5.91 Å². The summed E-state index contributed by atoms with van der Waals surface area (Å²) in [5.74, 6) is 0.347. The number of amides is 2. The summed E-state index contributed by atoms with van der Waals surface area (Å²) in [7, 11) is 1.84. The van der Waals surface area contributed by atoms with Crippen LogP contribution in [0.4, 0.5) is 0 Å². The molecule has 114 valence electrons. The van der Waals surface area contributed by atoms with Crippen molar-refractivity contribution in [3.63, 3.8) is 0 Å². The van der Waals surface area contributed by atoms with E-state index in [9.17, 15) is 9.59 Å². The Bertz CT molecular complexity index is 492. The summed E-state index contributed by atoms with van der Waals surface area (Å²) in [4.78, 5) is 27.1. The van der Waals surface area contributed by atoms with E-state index < -0.39 is 11.9 Å². The Hall–Kier alpha value is -2.08. The number of carbonyl (C=O) groups is 2. The van der Waals surface area contributed by atoms with Gasteiger partial charge in [0.05, 0.1) is 13.0 Å². The number of rotatable bonds is 5. The lowest BCUT2D eigenvalue weighted by Gasteiger charge is -2.37. The molecule has 1 aliphatic heterocycles. The van der Waals surface area contributed by atoms with Crippen molar-refractivity contribution in [1.82, 2.24) is 9.80 Å². The van der Waals surface area contributed by atoms with Gasteiger partial charge < -0.3 is 15.4 Å². The van der Waals surface area contributed by atoms with E-state index in [4.69, 9.17) is 10.5 Å². The number of carbonyl (C=O) groups excluding carboxylic acids is 2. The molecule has 1 saturated heterocycles. The standard InChI is InChI=1S/C15H21N3O3/c1-17-8-9-18(11-13(17)15(16)20)14(19)7-10-21-12-5-3-2-4-6-12/h2-6,13H,7-11H2,1H3,(H2,16,20)/t13-/m1/s1. The minimum absolute atomic E-state index is 0.00900. The summed E-state index contributed by atoms with van der Waals surface area (Å²) in [6, 6.07) is 8.97. The first-order chi connectivity index (χ1) is 10.1. The van der Waals surface area contributed by atoms with Gasteiger partial charge in [0.1, 0.15) is 11.8 Å². The average Bonchev–Trinajstić information content (AvgIpc) is 2.48. The van der Waals surface area contributed by atoms with Crippen LogP contribution < -0.4 is 10.5 Å². The van der Waals surface area contributed by atoms with E-state index >= 15 is 0 Å². The van der Waals surface area contributed by atoms with Crippen LogP contribution in [-0.4, -0.2) is 60.9 Å². The first kappa shape index (κ1) is 15.3. The number of likely N-dealkylation sites (N-methyl/N-ethyl adjacent to an activating group) is 1. The van der Waals surface area contributed by atoms with Crippen LogP contribution in [0.25, 0.3) is 0 Å². The highest BCUT2D eigenvalue weighted by atomic mass is 16.5. The molecule has 1 aromatic carbocycles. The molecule has 1 atom stereocenters. The fourth-order valence-corrected chi connectivity index (χ4v) is 2.34. The van der Waals surface area contributed by atoms with Crippen molar-refractivity contribution in [1.29, 1.82) is 0 Å². The average molecular weight is 291 g/mol. The maximum absolute atomic E-state index is 12.1. The Morgan fingerprint density at radius 3 is 2.67 bits per heavy atom. The minimum Gasteiger partial charge on any atom is -0.493 e.